The highest BCUT2D eigenvalue weighted by Gasteiger charge is 2.29. The number of fused-ring (bicyclic) bond motifs is 1. The molecule has 0 amide bonds. The molecule has 1 N–H and O–H groups in total. The van der Waals surface area contributed by atoms with Crippen molar-refractivity contribution < 1.29 is 13.2 Å². The van der Waals surface area contributed by atoms with Crippen LogP contribution in [-0.4, -0.2) is 34.0 Å². The third kappa shape index (κ3) is 3.27. The lowest BCUT2D eigenvalue weighted by Gasteiger charge is -2.22. The summed E-state index contributed by atoms with van der Waals surface area (Å²) in [6.45, 7) is 2.72. The highest BCUT2D eigenvalue weighted by molar-refractivity contribution is 7.90. The van der Waals surface area contributed by atoms with Crippen molar-refractivity contribution in [1.82, 2.24) is 5.32 Å². The summed E-state index contributed by atoms with van der Waals surface area (Å²) in [5.74, 6) is 0.955. The van der Waals surface area contributed by atoms with E-state index in [0.717, 1.165) is 25.9 Å². The fraction of sp³-hybridized carbons (Fsp3) is 0.533. The van der Waals surface area contributed by atoms with E-state index in [1.165, 1.54) is 12.8 Å². The molecule has 1 unspecified atom stereocenters. The molecule has 0 bridgehead atoms. The molecule has 1 aromatic carbocycles. The van der Waals surface area contributed by atoms with Crippen LogP contribution in [0.25, 0.3) is 0 Å². The summed E-state index contributed by atoms with van der Waals surface area (Å²) < 4.78 is 33.1. The van der Waals surface area contributed by atoms with Gasteiger partial charge in [-0.15, -0.1) is 4.40 Å². The predicted octanol–water partition coefficient (Wildman–Crippen LogP) is 1.93. The maximum Gasteiger partial charge on any atom is 0.286 e. The summed E-state index contributed by atoms with van der Waals surface area (Å²) in [6, 6.07) is 6.80. The van der Waals surface area contributed by atoms with Crippen LogP contribution in [0.4, 0.5) is 0 Å². The van der Waals surface area contributed by atoms with Crippen molar-refractivity contribution in [1.29, 1.82) is 0 Å². The van der Waals surface area contributed by atoms with Crippen LogP contribution in [0.5, 0.6) is 0 Å². The van der Waals surface area contributed by atoms with Crippen LogP contribution in [0.15, 0.2) is 33.6 Å². The number of nitrogens with zero attached hydrogens (tertiary/aromatic N) is 1. The van der Waals surface area contributed by atoms with Crippen LogP contribution >= 0.6 is 0 Å². The van der Waals surface area contributed by atoms with E-state index >= 15 is 0 Å². The number of hydrogen-bond acceptors (Lipinski definition) is 4. The fourth-order valence-electron chi connectivity index (χ4n) is 2.89. The van der Waals surface area contributed by atoms with Crippen molar-refractivity contribution in [2.75, 3.05) is 19.7 Å². The van der Waals surface area contributed by atoms with Crippen LogP contribution in [0.2, 0.25) is 0 Å². The van der Waals surface area contributed by atoms with Gasteiger partial charge in [0.2, 0.25) is 5.90 Å². The molecular formula is C15H20N2O3S. The van der Waals surface area contributed by atoms with Crippen LogP contribution in [0, 0.1) is 5.92 Å². The Morgan fingerprint density at radius 2 is 2.19 bits per heavy atom. The first-order chi connectivity index (χ1) is 10.2. The zero-order chi connectivity index (χ0) is 14.7. The van der Waals surface area contributed by atoms with Crippen LogP contribution in [0.3, 0.4) is 0 Å². The minimum absolute atomic E-state index is 0.243. The second-order valence-corrected chi connectivity index (χ2v) is 7.14. The minimum Gasteiger partial charge on any atom is -0.477 e. The van der Waals surface area contributed by atoms with Crippen molar-refractivity contribution in [2.45, 2.75) is 30.6 Å². The lowest BCUT2D eigenvalue weighted by Crippen LogP contribution is -2.29. The van der Waals surface area contributed by atoms with Crippen LogP contribution < -0.4 is 5.32 Å². The van der Waals surface area contributed by atoms with E-state index in [9.17, 15) is 8.42 Å². The summed E-state index contributed by atoms with van der Waals surface area (Å²) in [5, 5.41) is 3.40. The van der Waals surface area contributed by atoms with Gasteiger partial charge >= 0.3 is 0 Å². The quantitative estimate of drug-likeness (QED) is 0.863. The van der Waals surface area contributed by atoms with E-state index in [0.29, 0.717) is 18.1 Å². The monoisotopic (exact) mass is 308 g/mol. The molecule has 1 atom stereocenters. The molecule has 0 aromatic heterocycles. The molecular weight excluding hydrogens is 288 g/mol. The Kier molecular flexibility index (Phi) is 4.26. The minimum atomic E-state index is -3.56. The van der Waals surface area contributed by atoms with Crippen molar-refractivity contribution in [2.24, 2.45) is 10.3 Å². The average molecular weight is 308 g/mol. The molecule has 2 aliphatic heterocycles. The Labute approximate surface area is 125 Å². The maximum atomic E-state index is 11.9. The maximum absolute atomic E-state index is 11.9. The number of sulfonamides is 1. The third-order valence-corrected chi connectivity index (χ3v) is 5.31. The van der Waals surface area contributed by atoms with Crippen LogP contribution in [-0.2, 0) is 14.8 Å². The van der Waals surface area contributed by atoms with Gasteiger partial charge in [-0.05, 0) is 56.8 Å². The molecule has 6 heteroatoms. The Morgan fingerprint density at radius 3 is 3.00 bits per heavy atom. The smallest absolute Gasteiger partial charge is 0.286 e. The highest BCUT2D eigenvalue weighted by Crippen LogP contribution is 2.26. The van der Waals surface area contributed by atoms with E-state index in [1.54, 1.807) is 24.3 Å². The Hall–Kier alpha value is -1.40. The lowest BCUT2D eigenvalue weighted by molar-refractivity contribution is 0.268. The summed E-state index contributed by atoms with van der Waals surface area (Å²) in [6.07, 6.45) is 4.54. The number of benzene rings is 1. The second-order valence-electron chi connectivity index (χ2n) is 5.57. The van der Waals surface area contributed by atoms with Gasteiger partial charge in [-0.3, -0.25) is 0 Å². The highest BCUT2D eigenvalue weighted by atomic mass is 32.2. The molecule has 21 heavy (non-hydrogen) atoms. The molecule has 2 aliphatic rings. The van der Waals surface area contributed by atoms with E-state index in [-0.39, 0.29) is 10.8 Å². The van der Waals surface area contributed by atoms with Gasteiger partial charge in [0.05, 0.1) is 12.2 Å². The van der Waals surface area contributed by atoms with Crippen molar-refractivity contribution >= 4 is 15.9 Å². The van der Waals surface area contributed by atoms with E-state index in [1.807, 2.05) is 0 Å². The molecule has 5 nitrogen and oxygen atoms in total. The third-order valence-electron chi connectivity index (χ3n) is 3.99. The molecule has 1 fully saturated rings. The summed E-state index contributed by atoms with van der Waals surface area (Å²) in [7, 11) is -3.56. The predicted molar refractivity (Wildman–Crippen MR) is 80.9 cm³/mol. The Balaban J connectivity index is 1.54. The largest absolute Gasteiger partial charge is 0.477 e. The Morgan fingerprint density at radius 1 is 1.33 bits per heavy atom. The Bertz CT molecular complexity index is 634. The van der Waals surface area contributed by atoms with Crippen molar-refractivity contribution in [3.8, 4) is 0 Å². The van der Waals surface area contributed by atoms with Crippen molar-refractivity contribution in [3.05, 3.63) is 29.8 Å². The molecule has 3 rings (SSSR count). The average Bonchev–Trinajstić information content (AvgIpc) is 2.77. The molecule has 0 aliphatic carbocycles. The summed E-state index contributed by atoms with van der Waals surface area (Å²) >= 11 is 0. The molecule has 1 saturated heterocycles. The topological polar surface area (TPSA) is 67.8 Å². The standard InChI is InChI=1S/C15H20N2O3S/c18-21(19)14-8-2-1-7-13(14)15(17-21)20-10-4-6-12-5-3-9-16-11-12/h1-2,7-8,12,16H,3-6,9-11H2. The van der Waals surface area contributed by atoms with Gasteiger partial charge in [-0.25, -0.2) is 0 Å². The van der Waals surface area contributed by atoms with Crippen LogP contribution in [0.1, 0.15) is 31.2 Å². The van der Waals surface area contributed by atoms with Gasteiger partial charge in [-0.2, -0.15) is 8.42 Å². The first-order valence-electron chi connectivity index (χ1n) is 7.45. The van der Waals surface area contributed by atoms with Gasteiger partial charge in [0.25, 0.3) is 10.0 Å². The number of hydrogen-bond donors (Lipinski definition) is 1. The molecule has 2 heterocycles. The first kappa shape index (κ1) is 14.5. The van der Waals surface area contributed by atoms with Gasteiger partial charge in [0.1, 0.15) is 4.90 Å². The van der Waals surface area contributed by atoms with Crippen molar-refractivity contribution in [3.63, 3.8) is 0 Å². The normalized spacial score (nSPS) is 23.4. The van der Waals surface area contributed by atoms with Gasteiger partial charge in [0, 0.05) is 0 Å². The molecule has 0 saturated carbocycles. The molecule has 1 aromatic rings. The van der Waals surface area contributed by atoms with Gasteiger partial charge in [0.15, 0.2) is 0 Å². The summed E-state index contributed by atoms with van der Waals surface area (Å²) in [5.41, 5.74) is 0.580. The zero-order valence-electron chi connectivity index (χ0n) is 11.9. The number of ether oxygens (including phenoxy) is 1. The van der Waals surface area contributed by atoms with E-state index < -0.39 is 10.0 Å². The lowest BCUT2D eigenvalue weighted by atomic mass is 9.95. The number of rotatable bonds is 4. The summed E-state index contributed by atoms with van der Waals surface area (Å²) in [4.78, 5) is 0.247. The molecule has 114 valence electrons. The zero-order valence-corrected chi connectivity index (χ0v) is 12.7. The van der Waals surface area contributed by atoms with Gasteiger partial charge < -0.3 is 10.1 Å². The number of nitrogens with one attached hydrogen (secondary N) is 1. The van der Waals surface area contributed by atoms with E-state index in [4.69, 9.17) is 4.74 Å². The van der Waals surface area contributed by atoms with Gasteiger partial charge in [-0.1, -0.05) is 12.1 Å². The molecule has 0 spiro atoms. The van der Waals surface area contributed by atoms with E-state index in [2.05, 4.69) is 9.71 Å². The number of piperidine rings is 1. The second kappa shape index (κ2) is 6.15. The SMILES string of the molecule is O=S1(=O)N=C(OCCCC2CCCNC2)c2ccccc21. The molecule has 0 radical (unpaired) electrons. The fourth-order valence-corrected chi connectivity index (χ4v) is 4.04. The first-order valence-corrected chi connectivity index (χ1v) is 8.89.